The minimum absolute atomic E-state index is 0.386. The van der Waals surface area contributed by atoms with Crippen LogP contribution in [0.3, 0.4) is 0 Å². The highest BCUT2D eigenvalue weighted by Gasteiger charge is 2.23. The Morgan fingerprint density at radius 2 is 2.05 bits per heavy atom. The predicted molar refractivity (Wildman–Crippen MR) is 79.1 cm³/mol. The van der Waals surface area contributed by atoms with Gasteiger partial charge in [-0.1, -0.05) is 26.2 Å². The summed E-state index contributed by atoms with van der Waals surface area (Å²) in [5.41, 5.74) is 0. The molecule has 0 saturated carbocycles. The fraction of sp³-hybridized carbons (Fsp3) is 0.938. The Balaban J connectivity index is 1.75. The first-order valence-electron chi connectivity index (χ1n) is 8.30. The molecule has 0 spiro atoms. The molecule has 2 saturated heterocycles. The van der Waals surface area contributed by atoms with Gasteiger partial charge >= 0.3 is 0 Å². The largest absolute Gasteiger partial charge is 0.343 e. The first-order chi connectivity index (χ1) is 9.29. The Labute approximate surface area is 118 Å². The van der Waals surface area contributed by atoms with Crippen molar-refractivity contribution in [1.82, 2.24) is 10.2 Å². The summed E-state index contributed by atoms with van der Waals surface area (Å²) in [5, 5.41) is 3.49. The van der Waals surface area contributed by atoms with Crippen molar-refractivity contribution in [3.05, 3.63) is 0 Å². The molecule has 110 valence electrons. The zero-order chi connectivity index (χ0) is 13.5. The van der Waals surface area contributed by atoms with Crippen LogP contribution in [0.15, 0.2) is 0 Å². The number of carbonyl (C=O) groups excluding carboxylic acids is 1. The summed E-state index contributed by atoms with van der Waals surface area (Å²) in [7, 11) is 0. The SMILES string of the molecule is CCCC1CCCN(C(=O)CC2CCCCN2)CC1. The normalized spacial score (nSPS) is 29.0. The summed E-state index contributed by atoms with van der Waals surface area (Å²) in [6.45, 7) is 5.35. The molecule has 19 heavy (non-hydrogen) atoms. The molecule has 3 nitrogen and oxygen atoms in total. The molecule has 2 heterocycles. The third kappa shape index (κ3) is 4.79. The van der Waals surface area contributed by atoms with Crippen molar-refractivity contribution in [2.45, 2.75) is 70.8 Å². The molecular formula is C16H30N2O. The summed E-state index contributed by atoms with van der Waals surface area (Å²) in [6.07, 6.45) is 10.8. The Bertz CT molecular complexity index is 274. The molecule has 0 aromatic heterocycles. The third-order valence-electron chi connectivity index (χ3n) is 4.73. The molecule has 0 aliphatic carbocycles. The van der Waals surface area contributed by atoms with E-state index >= 15 is 0 Å². The van der Waals surface area contributed by atoms with E-state index in [9.17, 15) is 4.79 Å². The smallest absolute Gasteiger partial charge is 0.224 e. The van der Waals surface area contributed by atoms with Gasteiger partial charge in [0.15, 0.2) is 0 Å². The topological polar surface area (TPSA) is 32.3 Å². The van der Waals surface area contributed by atoms with Gasteiger partial charge < -0.3 is 10.2 Å². The third-order valence-corrected chi connectivity index (χ3v) is 4.73. The first kappa shape index (κ1) is 14.8. The number of nitrogens with one attached hydrogen (secondary N) is 1. The van der Waals surface area contributed by atoms with Crippen molar-refractivity contribution in [3.63, 3.8) is 0 Å². The van der Waals surface area contributed by atoms with E-state index in [0.717, 1.165) is 32.0 Å². The lowest BCUT2D eigenvalue weighted by molar-refractivity contribution is -0.131. The maximum atomic E-state index is 12.4. The molecule has 3 heteroatoms. The van der Waals surface area contributed by atoms with E-state index in [1.807, 2.05) is 0 Å². The van der Waals surface area contributed by atoms with Gasteiger partial charge in [-0.3, -0.25) is 4.79 Å². The van der Waals surface area contributed by atoms with Crippen LogP contribution in [-0.4, -0.2) is 36.5 Å². The van der Waals surface area contributed by atoms with Gasteiger partial charge in [-0.15, -0.1) is 0 Å². The molecule has 0 aromatic carbocycles. The van der Waals surface area contributed by atoms with E-state index in [2.05, 4.69) is 17.1 Å². The van der Waals surface area contributed by atoms with Crippen molar-refractivity contribution in [2.24, 2.45) is 5.92 Å². The van der Waals surface area contributed by atoms with Crippen LogP contribution < -0.4 is 5.32 Å². The molecule has 2 rings (SSSR count). The number of rotatable bonds is 4. The average Bonchev–Trinajstić information content (AvgIpc) is 2.66. The second-order valence-electron chi connectivity index (χ2n) is 6.32. The van der Waals surface area contributed by atoms with Crippen LogP contribution in [0.5, 0.6) is 0 Å². The number of nitrogens with zero attached hydrogens (tertiary/aromatic N) is 1. The molecule has 2 aliphatic heterocycles. The second-order valence-corrected chi connectivity index (χ2v) is 6.32. The van der Waals surface area contributed by atoms with Gasteiger partial charge in [-0.2, -0.15) is 0 Å². The predicted octanol–water partition coefficient (Wildman–Crippen LogP) is 2.95. The fourth-order valence-corrected chi connectivity index (χ4v) is 3.55. The van der Waals surface area contributed by atoms with E-state index in [1.54, 1.807) is 0 Å². The second kappa shape index (κ2) is 7.88. The molecule has 1 amide bonds. The van der Waals surface area contributed by atoms with Crippen molar-refractivity contribution in [3.8, 4) is 0 Å². The highest BCUT2D eigenvalue weighted by Crippen LogP contribution is 2.22. The van der Waals surface area contributed by atoms with Crippen molar-refractivity contribution < 1.29 is 4.79 Å². The Hall–Kier alpha value is -0.570. The number of likely N-dealkylation sites (tertiary alicyclic amines) is 1. The van der Waals surface area contributed by atoms with Gasteiger partial charge in [0, 0.05) is 25.6 Å². The number of hydrogen-bond donors (Lipinski definition) is 1. The number of carbonyl (C=O) groups is 1. The Morgan fingerprint density at radius 3 is 2.79 bits per heavy atom. The summed E-state index contributed by atoms with van der Waals surface area (Å²) >= 11 is 0. The first-order valence-corrected chi connectivity index (χ1v) is 8.30. The molecule has 2 fully saturated rings. The van der Waals surface area contributed by atoms with Crippen LogP contribution in [0.2, 0.25) is 0 Å². The lowest BCUT2D eigenvalue weighted by Crippen LogP contribution is -2.40. The van der Waals surface area contributed by atoms with Crippen LogP contribution in [0.1, 0.15) is 64.7 Å². The van der Waals surface area contributed by atoms with Gasteiger partial charge in [-0.25, -0.2) is 0 Å². The van der Waals surface area contributed by atoms with Gasteiger partial charge in [0.2, 0.25) is 5.91 Å². The van der Waals surface area contributed by atoms with Gasteiger partial charge in [0.1, 0.15) is 0 Å². The highest BCUT2D eigenvalue weighted by atomic mass is 16.2. The van der Waals surface area contributed by atoms with Gasteiger partial charge in [0.25, 0.3) is 0 Å². The summed E-state index contributed by atoms with van der Waals surface area (Å²) < 4.78 is 0. The van der Waals surface area contributed by atoms with E-state index in [-0.39, 0.29) is 0 Å². The molecular weight excluding hydrogens is 236 g/mol. The van der Waals surface area contributed by atoms with Crippen LogP contribution in [-0.2, 0) is 4.79 Å². The lowest BCUT2D eigenvalue weighted by Gasteiger charge is -2.27. The van der Waals surface area contributed by atoms with Crippen molar-refractivity contribution in [1.29, 1.82) is 0 Å². The molecule has 0 radical (unpaired) electrons. The Kier molecular flexibility index (Phi) is 6.15. The summed E-state index contributed by atoms with van der Waals surface area (Å²) in [4.78, 5) is 14.5. The van der Waals surface area contributed by atoms with Gasteiger partial charge in [0.05, 0.1) is 0 Å². The minimum atomic E-state index is 0.386. The lowest BCUT2D eigenvalue weighted by atomic mass is 9.96. The van der Waals surface area contributed by atoms with Crippen LogP contribution >= 0.6 is 0 Å². The summed E-state index contributed by atoms with van der Waals surface area (Å²) in [6, 6.07) is 0.441. The number of piperidine rings is 1. The van der Waals surface area contributed by atoms with Crippen LogP contribution in [0.25, 0.3) is 0 Å². The zero-order valence-corrected chi connectivity index (χ0v) is 12.5. The molecule has 2 aliphatic rings. The van der Waals surface area contributed by atoms with E-state index in [1.165, 1.54) is 51.4 Å². The van der Waals surface area contributed by atoms with Crippen LogP contribution in [0, 0.1) is 5.92 Å². The van der Waals surface area contributed by atoms with E-state index in [0.29, 0.717) is 11.9 Å². The summed E-state index contributed by atoms with van der Waals surface area (Å²) in [5.74, 6) is 1.24. The fourth-order valence-electron chi connectivity index (χ4n) is 3.55. The Morgan fingerprint density at radius 1 is 1.16 bits per heavy atom. The van der Waals surface area contributed by atoms with E-state index in [4.69, 9.17) is 0 Å². The standard InChI is InChI=1S/C16H30N2O/c1-2-6-14-7-5-11-18(12-9-14)16(19)13-15-8-3-4-10-17-15/h14-15,17H,2-13H2,1H3. The van der Waals surface area contributed by atoms with E-state index < -0.39 is 0 Å². The monoisotopic (exact) mass is 266 g/mol. The zero-order valence-electron chi connectivity index (χ0n) is 12.5. The number of hydrogen-bond acceptors (Lipinski definition) is 2. The maximum Gasteiger partial charge on any atom is 0.224 e. The minimum Gasteiger partial charge on any atom is -0.343 e. The number of amides is 1. The quantitative estimate of drug-likeness (QED) is 0.848. The average molecular weight is 266 g/mol. The maximum absolute atomic E-state index is 12.4. The molecule has 1 N–H and O–H groups in total. The molecule has 0 bridgehead atoms. The molecule has 2 unspecified atom stereocenters. The van der Waals surface area contributed by atoms with Crippen molar-refractivity contribution in [2.75, 3.05) is 19.6 Å². The molecule has 2 atom stereocenters. The highest BCUT2D eigenvalue weighted by molar-refractivity contribution is 5.76. The molecule has 0 aromatic rings. The van der Waals surface area contributed by atoms with Crippen LogP contribution in [0.4, 0.5) is 0 Å². The van der Waals surface area contributed by atoms with Crippen molar-refractivity contribution >= 4 is 5.91 Å². The van der Waals surface area contributed by atoms with Gasteiger partial charge in [-0.05, 0) is 44.6 Å².